The highest BCUT2D eigenvalue weighted by atomic mass is 16.6. The highest BCUT2D eigenvalue weighted by Gasteiger charge is 2.89. The molecule has 5 N–H and O–H groups in total. The van der Waals surface area contributed by atoms with Crippen LogP contribution >= 0.6 is 0 Å². The number of esters is 1. The Morgan fingerprint density at radius 1 is 1.16 bits per heavy atom. The van der Waals surface area contributed by atoms with Crippen LogP contribution in [0.4, 0.5) is 5.69 Å². The molecule has 12 atom stereocenters. The minimum Gasteiger partial charge on any atom is -0.454 e. The normalized spacial score (nSPS) is 52.2. The SMILES string of the molecule is CCN1C[C@]2(OC(=O)c3ccccc3N)CC[C@H](OC)[C@@]34[C@@H]2C[C@@H]([C@@H]13)[C@@]1(O)C[C@H](O)[C@H]2C[C@@H]4[C@]1(O)[C@H]2OC. The third kappa shape index (κ3) is 2.58. The molecular formula is C29H40N2O7. The van der Waals surface area contributed by atoms with Gasteiger partial charge in [0, 0.05) is 68.0 Å². The van der Waals surface area contributed by atoms with Gasteiger partial charge in [-0.1, -0.05) is 19.1 Å². The summed E-state index contributed by atoms with van der Waals surface area (Å²) in [6, 6.07) is 6.92. The van der Waals surface area contributed by atoms with Crippen LogP contribution in [0.15, 0.2) is 24.3 Å². The number of nitrogens with two attached hydrogens (primary N) is 1. The molecule has 1 saturated heterocycles. The molecule has 9 heteroatoms. The molecule has 0 unspecified atom stereocenters. The smallest absolute Gasteiger partial charge is 0.340 e. The number of likely N-dealkylation sites (tertiary alicyclic amines) is 1. The third-order valence-corrected chi connectivity index (χ3v) is 12.1. The molecule has 5 aliphatic carbocycles. The number of para-hydroxylation sites is 1. The number of carbonyl (C=O) groups excluding carboxylic acids is 1. The fourth-order valence-electron chi connectivity index (χ4n) is 11.1. The van der Waals surface area contributed by atoms with Crippen molar-refractivity contribution in [3.63, 3.8) is 0 Å². The van der Waals surface area contributed by atoms with Crippen molar-refractivity contribution in [2.45, 2.75) is 80.2 Å². The Labute approximate surface area is 223 Å². The zero-order valence-corrected chi connectivity index (χ0v) is 22.4. The lowest BCUT2D eigenvalue weighted by molar-refractivity contribution is -0.337. The maximum absolute atomic E-state index is 13.7. The molecule has 9 nitrogen and oxygen atoms in total. The van der Waals surface area contributed by atoms with Crippen LogP contribution in [0.1, 0.15) is 49.4 Å². The van der Waals surface area contributed by atoms with Gasteiger partial charge in [-0.05, 0) is 44.4 Å². The fraction of sp³-hybridized carbons (Fsp3) is 0.759. The number of benzene rings is 1. The fourth-order valence-corrected chi connectivity index (χ4v) is 11.1. The molecule has 0 aromatic heterocycles. The van der Waals surface area contributed by atoms with Gasteiger partial charge >= 0.3 is 5.97 Å². The minimum absolute atomic E-state index is 0.0618. The number of aliphatic hydroxyl groups is 3. The molecular weight excluding hydrogens is 488 g/mol. The number of hydrogen-bond acceptors (Lipinski definition) is 9. The number of rotatable bonds is 5. The van der Waals surface area contributed by atoms with Gasteiger partial charge in [-0.3, -0.25) is 4.90 Å². The molecule has 7 bridgehead atoms. The van der Waals surface area contributed by atoms with E-state index in [9.17, 15) is 20.1 Å². The molecule has 208 valence electrons. The number of nitrogen functional groups attached to an aromatic ring is 1. The van der Waals surface area contributed by atoms with Gasteiger partial charge in [0.15, 0.2) is 0 Å². The predicted octanol–water partition coefficient (Wildman–Crippen LogP) is 1.19. The van der Waals surface area contributed by atoms with Crippen LogP contribution in [0.25, 0.3) is 0 Å². The second kappa shape index (κ2) is 7.92. The molecule has 1 aliphatic heterocycles. The van der Waals surface area contributed by atoms with Crippen LogP contribution in [0.2, 0.25) is 0 Å². The average molecular weight is 529 g/mol. The van der Waals surface area contributed by atoms with E-state index in [1.807, 2.05) is 0 Å². The van der Waals surface area contributed by atoms with Gasteiger partial charge in [0.25, 0.3) is 0 Å². The molecule has 7 rings (SSSR count). The number of hydrogen-bond donors (Lipinski definition) is 4. The first kappa shape index (κ1) is 25.2. The van der Waals surface area contributed by atoms with E-state index in [0.717, 1.165) is 0 Å². The van der Waals surface area contributed by atoms with Crippen molar-refractivity contribution in [3.05, 3.63) is 29.8 Å². The van der Waals surface area contributed by atoms with Crippen molar-refractivity contribution in [2.75, 3.05) is 33.0 Å². The van der Waals surface area contributed by atoms with Crippen molar-refractivity contribution in [1.82, 2.24) is 4.90 Å². The lowest BCUT2D eigenvalue weighted by Gasteiger charge is -2.70. The van der Waals surface area contributed by atoms with Gasteiger partial charge in [-0.2, -0.15) is 0 Å². The summed E-state index contributed by atoms with van der Waals surface area (Å²) in [7, 11) is 3.30. The Kier molecular flexibility index (Phi) is 5.26. The van der Waals surface area contributed by atoms with Crippen molar-refractivity contribution in [2.24, 2.45) is 29.1 Å². The Morgan fingerprint density at radius 2 is 1.92 bits per heavy atom. The molecule has 1 aromatic carbocycles. The van der Waals surface area contributed by atoms with Crippen LogP contribution < -0.4 is 5.73 Å². The van der Waals surface area contributed by atoms with Gasteiger partial charge in [-0.25, -0.2) is 4.79 Å². The summed E-state index contributed by atoms with van der Waals surface area (Å²) in [6.45, 7) is 3.37. The number of nitrogens with zero attached hydrogens (tertiary/aromatic N) is 1. The maximum atomic E-state index is 13.7. The van der Waals surface area contributed by atoms with E-state index in [0.29, 0.717) is 50.0 Å². The summed E-state index contributed by atoms with van der Waals surface area (Å²) in [5.41, 5.74) is 2.49. The second-order valence-corrected chi connectivity index (χ2v) is 12.8. The number of piperidine rings is 1. The molecule has 6 fully saturated rings. The number of carbonyl (C=O) groups is 1. The molecule has 1 spiro atoms. The summed E-state index contributed by atoms with van der Waals surface area (Å²) in [5, 5.41) is 36.4. The Bertz CT molecular complexity index is 1170. The third-order valence-electron chi connectivity index (χ3n) is 12.1. The number of fused-ring (bicyclic) bond motifs is 2. The van der Waals surface area contributed by atoms with E-state index >= 15 is 0 Å². The van der Waals surface area contributed by atoms with Crippen LogP contribution in [0.3, 0.4) is 0 Å². The summed E-state index contributed by atoms with van der Waals surface area (Å²) in [5.74, 6) is -1.52. The van der Waals surface area contributed by atoms with E-state index < -0.39 is 40.4 Å². The van der Waals surface area contributed by atoms with Crippen LogP contribution in [0, 0.1) is 29.1 Å². The average Bonchev–Trinajstić information content (AvgIpc) is 3.32. The number of aliphatic hydroxyl groups excluding tert-OH is 1. The van der Waals surface area contributed by atoms with Crippen molar-refractivity contribution < 1.29 is 34.3 Å². The molecule has 0 radical (unpaired) electrons. The van der Waals surface area contributed by atoms with Crippen molar-refractivity contribution in [3.8, 4) is 0 Å². The monoisotopic (exact) mass is 528 g/mol. The largest absolute Gasteiger partial charge is 0.454 e. The lowest BCUT2D eigenvalue weighted by Crippen LogP contribution is -2.83. The molecule has 0 amide bonds. The molecule has 5 saturated carbocycles. The summed E-state index contributed by atoms with van der Waals surface area (Å²) < 4.78 is 18.7. The topological polar surface area (TPSA) is 135 Å². The summed E-state index contributed by atoms with van der Waals surface area (Å²) in [6.07, 6.45) is 0.948. The first-order valence-corrected chi connectivity index (χ1v) is 14.1. The Morgan fingerprint density at radius 3 is 2.61 bits per heavy atom. The molecule has 1 aromatic rings. The maximum Gasteiger partial charge on any atom is 0.340 e. The number of methoxy groups -OCH3 is 2. The predicted molar refractivity (Wildman–Crippen MR) is 137 cm³/mol. The van der Waals surface area contributed by atoms with Gasteiger partial charge in [0.1, 0.15) is 16.8 Å². The Hall–Kier alpha value is -1.75. The second-order valence-electron chi connectivity index (χ2n) is 12.8. The van der Waals surface area contributed by atoms with Crippen LogP contribution in [-0.4, -0.2) is 94.7 Å². The first-order valence-electron chi connectivity index (χ1n) is 14.1. The number of likely N-dealkylation sites (N-methyl/N-ethyl adjacent to an activating group) is 1. The number of ether oxygens (including phenoxy) is 3. The van der Waals surface area contributed by atoms with Crippen LogP contribution in [-0.2, 0) is 14.2 Å². The zero-order chi connectivity index (χ0) is 26.8. The van der Waals surface area contributed by atoms with Gasteiger partial charge < -0.3 is 35.3 Å². The van der Waals surface area contributed by atoms with Gasteiger partial charge in [0.05, 0.1) is 23.9 Å². The van der Waals surface area contributed by atoms with Crippen molar-refractivity contribution in [1.29, 1.82) is 0 Å². The molecule has 38 heavy (non-hydrogen) atoms. The molecule has 6 aliphatic rings. The first-order chi connectivity index (χ1) is 18.1. The number of anilines is 1. The minimum atomic E-state index is -1.52. The zero-order valence-electron chi connectivity index (χ0n) is 22.4. The van der Waals surface area contributed by atoms with E-state index in [1.165, 1.54) is 0 Å². The summed E-state index contributed by atoms with van der Waals surface area (Å²) >= 11 is 0. The van der Waals surface area contributed by atoms with E-state index in [1.54, 1.807) is 38.5 Å². The standard InChI is InChI=1S/C29H40N2O7/c1-4-31-14-26(38-25(33)15-7-5-6-8-18(15)30)10-9-22(36-2)28-20(26)12-17(23(28)31)27(34)13-19(32)16-11-21(28)29(27,35)24(16)37-3/h5-8,16-17,19-24,32,34-35H,4,9-14,30H2,1-3H3/t16-,17+,19+,20-,21+,22+,23-,24+,26-,27+,28+,29+/m1/s1. The quantitative estimate of drug-likeness (QED) is 0.328. The highest BCUT2D eigenvalue weighted by Crippen LogP contribution is 2.79. The highest BCUT2D eigenvalue weighted by molar-refractivity contribution is 5.95. The van der Waals surface area contributed by atoms with Gasteiger partial charge in [-0.15, -0.1) is 0 Å². The summed E-state index contributed by atoms with van der Waals surface area (Å²) in [4.78, 5) is 16.0. The van der Waals surface area contributed by atoms with Crippen LogP contribution in [0.5, 0.6) is 0 Å². The van der Waals surface area contributed by atoms with E-state index in [2.05, 4.69) is 11.8 Å². The Balaban J connectivity index is 1.42. The van der Waals surface area contributed by atoms with Gasteiger partial charge in [0.2, 0.25) is 0 Å². The lowest BCUT2D eigenvalue weighted by atomic mass is 9.44. The molecule has 1 heterocycles. The van der Waals surface area contributed by atoms with E-state index in [-0.39, 0.29) is 42.2 Å². The van der Waals surface area contributed by atoms with E-state index in [4.69, 9.17) is 19.9 Å². The van der Waals surface area contributed by atoms with Crippen molar-refractivity contribution >= 4 is 11.7 Å².